The SMILES string of the molecule is C=C(C)C(=O)OCCOC1CC(C)C2CC=CC12. The molecule has 4 atom stereocenters. The van der Waals surface area contributed by atoms with Crippen molar-refractivity contribution in [2.24, 2.45) is 17.8 Å². The van der Waals surface area contributed by atoms with Gasteiger partial charge in [0.25, 0.3) is 0 Å². The Kier molecular flexibility index (Phi) is 4.23. The van der Waals surface area contributed by atoms with E-state index in [0.29, 0.717) is 30.8 Å². The molecule has 2 aliphatic rings. The van der Waals surface area contributed by atoms with Crippen molar-refractivity contribution >= 4 is 5.97 Å². The van der Waals surface area contributed by atoms with Gasteiger partial charge < -0.3 is 9.47 Å². The lowest BCUT2D eigenvalue weighted by atomic mass is 9.93. The highest BCUT2D eigenvalue weighted by atomic mass is 16.6. The van der Waals surface area contributed by atoms with E-state index in [-0.39, 0.29) is 5.97 Å². The molecule has 0 aromatic carbocycles. The van der Waals surface area contributed by atoms with Crippen LogP contribution in [-0.4, -0.2) is 25.3 Å². The van der Waals surface area contributed by atoms with Crippen LogP contribution in [0, 0.1) is 17.8 Å². The second kappa shape index (κ2) is 5.70. The average Bonchev–Trinajstić information content (AvgIpc) is 2.89. The molecule has 0 radical (unpaired) electrons. The minimum absolute atomic E-state index is 0.298. The van der Waals surface area contributed by atoms with Crippen molar-refractivity contribution in [3.05, 3.63) is 24.3 Å². The third-order valence-corrected chi connectivity index (χ3v) is 4.02. The van der Waals surface area contributed by atoms with E-state index in [2.05, 4.69) is 25.7 Å². The van der Waals surface area contributed by atoms with Crippen molar-refractivity contribution in [3.63, 3.8) is 0 Å². The predicted molar refractivity (Wildman–Crippen MR) is 70.0 cm³/mol. The van der Waals surface area contributed by atoms with Gasteiger partial charge in [-0.15, -0.1) is 0 Å². The van der Waals surface area contributed by atoms with Crippen LogP contribution in [-0.2, 0) is 14.3 Å². The molecule has 1 saturated carbocycles. The molecule has 100 valence electrons. The van der Waals surface area contributed by atoms with E-state index in [4.69, 9.17) is 9.47 Å². The smallest absolute Gasteiger partial charge is 0.333 e. The molecule has 1 fully saturated rings. The molecular weight excluding hydrogens is 228 g/mol. The number of hydrogen-bond donors (Lipinski definition) is 0. The molecule has 3 nitrogen and oxygen atoms in total. The zero-order chi connectivity index (χ0) is 13.1. The minimum Gasteiger partial charge on any atom is -0.460 e. The summed E-state index contributed by atoms with van der Waals surface area (Å²) >= 11 is 0. The third kappa shape index (κ3) is 2.83. The number of hydrogen-bond acceptors (Lipinski definition) is 3. The van der Waals surface area contributed by atoms with Gasteiger partial charge in [-0.1, -0.05) is 25.7 Å². The summed E-state index contributed by atoms with van der Waals surface area (Å²) in [7, 11) is 0. The zero-order valence-electron chi connectivity index (χ0n) is 11.2. The van der Waals surface area contributed by atoms with Crippen LogP contribution in [0.15, 0.2) is 24.3 Å². The molecule has 0 aliphatic heterocycles. The fourth-order valence-electron chi connectivity index (χ4n) is 3.04. The molecule has 0 N–H and O–H groups in total. The van der Waals surface area contributed by atoms with Gasteiger partial charge in [0.05, 0.1) is 12.7 Å². The number of fused-ring (bicyclic) bond motifs is 1. The molecule has 0 aromatic heterocycles. The maximum absolute atomic E-state index is 11.2. The summed E-state index contributed by atoms with van der Waals surface area (Å²) < 4.78 is 10.9. The highest BCUT2D eigenvalue weighted by molar-refractivity contribution is 5.86. The molecule has 0 spiro atoms. The van der Waals surface area contributed by atoms with E-state index >= 15 is 0 Å². The van der Waals surface area contributed by atoms with E-state index < -0.39 is 0 Å². The number of carbonyl (C=O) groups excluding carboxylic acids is 1. The fourth-order valence-corrected chi connectivity index (χ4v) is 3.04. The van der Waals surface area contributed by atoms with E-state index in [9.17, 15) is 4.79 Å². The Balaban J connectivity index is 1.70. The Morgan fingerprint density at radius 2 is 2.22 bits per heavy atom. The summed E-state index contributed by atoms with van der Waals surface area (Å²) in [5.41, 5.74) is 0.434. The van der Waals surface area contributed by atoms with Gasteiger partial charge in [0.1, 0.15) is 6.61 Å². The molecule has 0 bridgehead atoms. The van der Waals surface area contributed by atoms with E-state index in [1.165, 1.54) is 6.42 Å². The number of rotatable bonds is 5. The Labute approximate surface area is 109 Å². The van der Waals surface area contributed by atoms with E-state index in [0.717, 1.165) is 18.3 Å². The van der Waals surface area contributed by atoms with Crippen LogP contribution in [0.1, 0.15) is 26.7 Å². The molecule has 3 heteroatoms. The predicted octanol–water partition coefficient (Wildman–Crippen LogP) is 2.72. The molecule has 2 rings (SSSR count). The molecule has 18 heavy (non-hydrogen) atoms. The first-order valence-corrected chi connectivity index (χ1v) is 6.70. The standard InChI is InChI=1S/C15H22O3/c1-10(2)15(16)18-8-7-17-14-9-11(3)12-5-4-6-13(12)14/h4,6,11-14H,1,5,7-9H2,2-3H3. The molecular formula is C15H22O3. The second-order valence-electron chi connectivity index (χ2n) is 5.44. The zero-order valence-corrected chi connectivity index (χ0v) is 11.2. The first-order valence-electron chi connectivity index (χ1n) is 6.70. The number of esters is 1. The fraction of sp³-hybridized carbons (Fsp3) is 0.667. The maximum Gasteiger partial charge on any atom is 0.333 e. The number of allylic oxidation sites excluding steroid dienone is 1. The van der Waals surface area contributed by atoms with Gasteiger partial charge in [-0.3, -0.25) is 0 Å². The molecule has 0 amide bonds. The third-order valence-electron chi connectivity index (χ3n) is 4.02. The number of carbonyl (C=O) groups is 1. The topological polar surface area (TPSA) is 35.5 Å². The Morgan fingerprint density at radius 1 is 1.44 bits per heavy atom. The van der Waals surface area contributed by atoms with Crippen LogP contribution < -0.4 is 0 Å². The first kappa shape index (κ1) is 13.3. The van der Waals surface area contributed by atoms with Crippen molar-refractivity contribution < 1.29 is 14.3 Å². The summed E-state index contributed by atoms with van der Waals surface area (Å²) in [5, 5.41) is 0. The van der Waals surface area contributed by atoms with E-state index in [1.54, 1.807) is 6.92 Å². The lowest BCUT2D eigenvalue weighted by Gasteiger charge is -2.18. The lowest BCUT2D eigenvalue weighted by molar-refractivity contribution is -0.141. The van der Waals surface area contributed by atoms with Crippen LogP contribution >= 0.6 is 0 Å². The number of ether oxygens (including phenoxy) is 2. The van der Waals surface area contributed by atoms with E-state index in [1.807, 2.05) is 0 Å². The highest BCUT2D eigenvalue weighted by Crippen LogP contribution is 2.45. The Hall–Kier alpha value is -1.09. The van der Waals surface area contributed by atoms with Crippen LogP contribution in [0.5, 0.6) is 0 Å². The van der Waals surface area contributed by atoms with Gasteiger partial charge in [0.15, 0.2) is 0 Å². The molecule has 0 saturated heterocycles. The van der Waals surface area contributed by atoms with Crippen LogP contribution in [0.4, 0.5) is 0 Å². The van der Waals surface area contributed by atoms with Crippen LogP contribution in [0.2, 0.25) is 0 Å². The Bertz CT molecular complexity index is 359. The minimum atomic E-state index is -0.336. The van der Waals surface area contributed by atoms with Crippen molar-refractivity contribution in [1.29, 1.82) is 0 Å². The summed E-state index contributed by atoms with van der Waals surface area (Å²) in [6.45, 7) is 8.29. The van der Waals surface area contributed by atoms with Crippen molar-refractivity contribution in [2.45, 2.75) is 32.8 Å². The normalized spacial score (nSPS) is 33.4. The monoisotopic (exact) mass is 250 g/mol. The summed E-state index contributed by atoms with van der Waals surface area (Å²) in [4.78, 5) is 11.2. The van der Waals surface area contributed by atoms with Gasteiger partial charge in [-0.05, 0) is 31.6 Å². The quantitative estimate of drug-likeness (QED) is 0.326. The lowest BCUT2D eigenvalue weighted by Crippen LogP contribution is -2.21. The molecule has 0 heterocycles. The highest BCUT2D eigenvalue weighted by Gasteiger charge is 2.41. The maximum atomic E-state index is 11.2. The van der Waals surface area contributed by atoms with Crippen LogP contribution in [0.3, 0.4) is 0 Å². The summed E-state index contributed by atoms with van der Waals surface area (Å²) in [6, 6.07) is 0. The molecule has 0 aromatic rings. The summed E-state index contributed by atoms with van der Waals surface area (Å²) in [5.74, 6) is 1.72. The van der Waals surface area contributed by atoms with Crippen molar-refractivity contribution in [3.8, 4) is 0 Å². The van der Waals surface area contributed by atoms with Crippen LogP contribution in [0.25, 0.3) is 0 Å². The first-order chi connectivity index (χ1) is 8.59. The molecule has 4 unspecified atom stereocenters. The average molecular weight is 250 g/mol. The summed E-state index contributed by atoms with van der Waals surface area (Å²) in [6.07, 6.45) is 7.17. The van der Waals surface area contributed by atoms with Gasteiger partial charge in [-0.25, -0.2) is 4.79 Å². The molecule has 2 aliphatic carbocycles. The Morgan fingerprint density at radius 3 is 2.94 bits per heavy atom. The second-order valence-corrected chi connectivity index (χ2v) is 5.44. The van der Waals surface area contributed by atoms with Gasteiger partial charge >= 0.3 is 5.97 Å². The van der Waals surface area contributed by atoms with Gasteiger partial charge in [0.2, 0.25) is 0 Å². The van der Waals surface area contributed by atoms with Crippen molar-refractivity contribution in [1.82, 2.24) is 0 Å². The van der Waals surface area contributed by atoms with Gasteiger partial charge in [0, 0.05) is 11.5 Å². The van der Waals surface area contributed by atoms with Gasteiger partial charge in [-0.2, -0.15) is 0 Å². The largest absolute Gasteiger partial charge is 0.460 e. The van der Waals surface area contributed by atoms with Crippen molar-refractivity contribution in [2.75, 3.05) is 13.2 Å².